The molecule has 1 amide bonds. The minimum atomic E-state index is -3.52. The van der Waals surface area contributed by atoms with Gasteiger partial charge in [-0.05, 0) is 57.4 Å². The van der Waals surface area contributed by atoms with Gasteiger partial charge in [0.2, 0.25) is 10.0 Å². The Morgan fingerprint density at radius 3 is 2.28 bits per heavy atom. The van der Waals surface area contributed by atoms with Gasteiger partial charge in [0.15, 0.2) is 6.61 Å². The number of hydrogen-bond acceptors (Lipinski definition) is 4. The summed E-state index contributed by atoms with van der Waals surface area (Å²) in [7, 11) is -3.52. The molecule has 1 aliphatic rings. The molecule has 1 N–H and O–H groups in total. The third-order valence-corrected chi connectivity index (χ3v) is 7.22. The van der Waals surface area contributed by atoms with Crippen LogP contribution in [0.25, 0.3) is 0 Å². The number of nitrogens with one attached hydrogen (secondary N) is 1. The quantitative estimate of drug-likeness (QED) is 0.786. The van der Waals surface area contributed by atoms with Crippen LogP contribution in [0.5, 0.6) is 5.75 Å². The lowest BCUT2D eigenvalue weighted by Gasteiger charge is -2.32. The van der Waals surface area contributed by atoms with E-state index < -0.39 is 10.0 Å². The zero-order valence-corrected chi connectivity index (χ0v) is 18.0. The molecule has 1 fully saturated rings. The van der Waals surface area contributed by atoms with Gasteiger partial charge in [-0.1, -0.05) is 35.4 Å². The normalized spacial score (nSPS) is 15.8. The fourth-order valence-electron chi connectivity index (χ4n) is 3.52. The Hall–Kier alpha value is -2.38. The number of aryl methyl sites for hydroxylation is 3. The molecule has 29 heavy (non-hydrogen) atoms. The molecule has 0 unspecified atom stereocenters. The van der Waals surface area contributed by atoms with Crippen LogP contribution in [-0.4, -0.2) is 44.4 Å². The first kappa shape index (κ1) is 21.3. The monoisotopic (exact) mass is 416 g/mol. The SMILES string of the molecule is Cc1ccc(OCC(=O)NC2CCN(S(=O)(=O)c3ccc(C)cc3C)CC2)cc1. The van der Waals surface area contributed by atoms with Crippen molar-refractivity contribution in [3.63, 3.8) is 0 Å². The number of nitrogens with zero attached hydrogens (tertiary/aromatic N) is 1. The lowest BCUT2D eigenvalue weighted by atomic mass is 10.1. The molecule has 0 spiro atoms. The first-order chi connectivity index (χ1) is 13.8. The number of benzene rings is 2. The van der Waals surface area contributed by atoms with Crippen LogP contribution in [0.15, 0.2) is 47.4 Å². The van der Waals surface area contributed by atoms with Crippen LogP contribution in [0.1, 0.15) is 29.5 Å². The second-order valence-electron chi connectivity index (χ2n) is 7.62. The first-order valence-corrected chi connectivity index (χ1v) is 11.3. The number of carbonyl (C=O) groups excluding carboxylic acids is 1. The third-order valence-electron chi connectivity index (χ3n) is 5.16. The fraction of sp³-hybridized carbons (Fsp3) is 0.409. The van der Waals surface area contributed by atoms with Gasteiger partial charge in [0.1, 0.15) is 5.75 Å². The van der Waals surface area contributed by atoms with Crippen molar-refractivity contribution in [2.75, 3.05) is 19.7 Å². The van der Waals surface area contributed by atoms with E-state index in [2.05, 4.69) is 5.32 Å². The highest BCUT2D eigenvalue weighted by Gasteiger charge is 2.30. The summed E-state index contributed by atoms with van der Waals surface area (Å²) >= 11 is 0. The molecule has 0 radical (unpaired) electrons. The number of ether oxygens (including phenoxy) is 1. The van der Waals surface area contributed by atoms with Gasteiger partial charge in [-0.25, -0.2) is 8.42 Å². The van der Waals surface area contributed by atoms with E-state index in [0.717, 1.165) is 16.7 Å². The van der Waals surface area contributed by atoms with E-state index in [1.165, 1.54) is 4.31 Å². The molecule has 0 aliphatic carbocycles. The molecule has 7 heteroatoms. The topological polar surface area (TPSA) is 75.7 Å². The zero-order chi connectivity index (χ0) is 21.0. The molecule has 156 valence electrons. The summed E-state index contributed by atoms with van der Waals surface area (Å²) in [4.78, 5) is 12.5. The average Bonchev–Trinajstić information content (AvgIpc) is 2.67. The molecule has 3 rings (SSSR count). The van der Waals surface area contributed by atoms with E-state index in [1.54, 1.807) is 6.07 Å². The number of piperidine rings is 1. The Labute approximate surface area is 172 Å². The summed E-state index contributed by atoms with van der Waals surface area (Å²) in [5, 5.41) is 2.95. The van der Waals surface area contributed by atoms with Crippen molar-refractivity contribution in [2.24, 2.45) is 0 Å². The first-order valence-electron chi connectivity index (χ1n) is 9.82. The zero-order valence-electron chi connectivity index (χ0n) is 17.1. The van der Waals surface area contributed by atoms with Crippen LogP contribution in [0, 0.1) is 20.8 Å². The Bertz CT molecular complexity index is 963. The predicted molar refractivity (Wildman–Crippen MR) is 113 cm³/mol. The Balaban J connectivity index is 1.50. The number of sulfonamides is 1. The minimum absolute atomic E-state index is 0.0466. The van der Waals surface area contributed by atoms with E-state index in [4.69, 9.17) is 4.74 Å². The lowest BCUT2D eigenvalue weighted by Crippen LogP contribution is -2.47. The summed E-state index contributed by atoms with van der Waals surface area (Å²) < 4.78 is 32.9. The maximum atomic E-state index is 13.0. The van der Waals surface area contributed by atoms with Crippen LogP contribution in [0.3, 0.4) is 0 Å². The standard InChI is InChI=1S/C22H28N2O4S/c1-16-4-7-20(8-5-16)28-15-22(25)23-19-10-12-24(13-11-19)29(26,27)21-9-6-17(2)14-18(21)3/h4-9,14,19H,10-13,15H2,1-3H3,(H,23,25). The number of hydrogen-bond donors (Lipinski definition) is 1. The summed E-state index contributed by atoms with van der Waals surface area (Å²) in [5.74, 6) is 0.460. The van der Waals surface area contributed by atoms with Gasteiger partial charge in [0.05, 0.1) is 4.90 Å². The van der Waals surface area contributed by atoms with Crippen molar-refractivity contribution in [3.05, 3.63) is 59.2 Å². The summed E-state index contributed by atoms with van der Waals surface area (Å²) in [6.45, 7) is 6.48. The van der Waals surface area contributed by atoms with Gasteiger partial charge in [0, 0.05) is 19.1 Å². The Morgan fingerprint density at radius 2 is 1.66 bits per heavy atom. The van der Waals surface area contributed by atoms with Crippen molar-refractivity contribution in [3.8, 4) is 5.75 Å². The van der Waals surface area contributed by atoms with Crippen molar-refractivity contribution >= 4 is 15.9 Å². The van der Waals surface area contributed by atoms with Crippen LogP contribution < -0.4 is 10.1 Å². The highest BCUT2D eigenvalue weighted by Crippen LogP contribution is 2.24. The molecule has 0 saturated carbocycles. The average molecular weight is 417 g/mol. The van der Waals surface area contributed by atoms with Crippen LogP contribution in [0.2, 0.25) is 0 Å². The molecule has 1 saturated heterocycles. The van der Waals surface area contributed by atoms with Crippen molar-refractivity contribution in [2.45, 2.75) is 44.6 Å². The molecule has 0 atom stereocenters. The van der Waals surface area contributed by atoms with Crippen LogP contribution in [0.4, 0.5) is 0 Å². The highest BCUT2D eigenvalue weighted by molar-refractivity contribution is 7.89. The lowest BCUT2D eigenvalue weighted by molar-refractivity contribution is -0.124. The minimum Gasteiger partial charge on any atom is -0.484 e. The fourth-order valence-corrected chi connectivity index (χ4v) is 5.20. The van der Waals surface area contributed by atoms with Crippen LogP contribution >= 0.6 is 0 Å². The maximum absolute atomic E-state index is 13.0. The van der Waals surface area contributed by atoms with Gasteiger partial charge < -0.3 is 10.1 Å². The Morgan fingerprint density at radius 1 is 1.03 bits per heavy atom. The van der Waals surface area contributed by atoms with E-state index in [0.29, 0.717) is 36.6 Å². The van der Waals surface area contributed by atoms with Crippen molar-refractivity contribution in [1.82, 2.24) is 9.62 Å². The van der Waals surface area contributed by atoms with Gasteiger partial charge in [-0.2, -0.15) is 4.31 Å². The molecule has 2 aromatic carbocycles. The number of amides is 1. The van der Waals surface area contributed by atoms with Gasteiger partial charge in [-0.15, -0.1) is 0 Å². The molecular weight excluding hydrogens is 388 g/mol. The smallest absolute Gasteiger partial charge is 0.258 e. The highest BCUT2D eigenvalue weighted by atomic mass is 32.2. The number of carbonyl (C=O) groups is 1. The summed E-state index contributed by atoms with van der Waals surface area (Å²) in [6, 6.07) is 12.9. The van der Waals surface area contributed by atoms with Crippen LogP contribution in [-0.2, 0) is 14.8 Å². The van der Waals surface area contributed by atoms with Gasteiger partial charge in [0.25, 0.3) is 5.91 Å². The Kier molecular flexibility index (Phi) is 6.59. The second kappa shape index (κ2) is 8.97. The molecule has 2 aromatic rings. The molecule has 1 heterocycles. The molecule has 6 nitrogen and oxygen atoms in total. The van der Waals surface area contributed by atoms with Crippen molar-refractivity contribution in [1.29, 1.82) is 0 Å². The van der Waals surface area contributed by atoms with E-state index in [1.807, 2.05) is 57.2 Å². The largest absolute Gasteiger partial charge is 0.484 e. The van der Waals surface area contributed by atoms with Gasteiger partial charge >= 0.3 is 0 Å². The predicted octanol–water partition coefficient (Wildman–Crippen LogP) is 2.96. The molecule has 0 bridgehead atoms. The molecule has 1 aliphatic heterocycles. The number of rotatable bonds is 6. The third kappa shape index (κ3) is 5.36. The van der Waals surface area contributed by atoms with E-state index in [9.17, 15) is 13.2 Å². The molecule has 0 aromatic heterocycles. The second-order valence-corrected chi connectivity index (χ2v) is 9.52. The summed E-state index contributed by atoms with van der Waals surface area (Å²) in [6.07, 6.45) is 1.17. The maximum Gasteiger partial charge on any atom is 0.258 e. The van der Waals surface area contributed by atoms with E-state index in [-0.39, 0.29) is 18.6 Å². The van der Waals surface area contributed by atoms with Gasteiger partial charge in [-0.3, -0.25) is 4.79 Å². The van der Waals surface area contributed by atoms with E-state index >= 15 is 0 Å². The molecular formula is C22H28N2O4S. The van der Waals surface area contributed by atoms with Crippen molar-refractivity contribution < 1.29 is 17.9 Å². The summed E-state index contributed by atoms with van der Waals surface area (Å²) in [5.41, 5.74) is 2.92.